The number of piperidine rings is 1. The van der Waals surface area contributed by atoms with Crippen LogP contribution in [0.4, 0.5) is 4.79 Å². The maximum Gasteiger partial charge on any atom is 0.410 e. The van der Waals surface area contributed by atoms with Gasteiger partial charge in [-0.3, -0.25) is 14.6 Å². The molecule has 5 nitrogen and oxygen atoms in total. The molecule has 0 spiro atoms. The van der Waals surface area contributed by atoms with Gasteiger partial charge in [0, 0.05) is 24.5 Å². The lowest BCUT2D eigenvalue weighted by Crippen LogP contribution is -2.59. The van der Waals surface area contributed by atoms with E-state index in [9.17, 15) is 9.59 Å². The van der Waals surface area contributed by atoms with E-state index < -0.39 is 11.7 Å². The monoisotopic (exact) mass is 344 g/mol. The SMILES string of the molecule is CC(C)(C)OC(=O)N1CC(=O)[C@]2(C)CCN(Cc3ccccc3)[C@@H]2C1. The van der Waals surface area contributed by atoms with Gasteiger partial charge in [-0.1, -0.05) is 37.3 Å². The second-order valence-electron chi connectivity index (χ2n) is 8.42. The molecule has 1 amide bonds. The summed E-state index contributed by atoms with van der Waals surface area (Å²) in [4.78, 5) is 29.2. The Kier molecular flexibility index (Phi) is 4.62. The molecule has 3 rings (SSSR count). The molecule has 0 N–H and O–H groups in total. The average molecular weight is 344 g/mol. The van der Waals surface area contributed by atoms with Crippen molar-refractivity contribution in [3.63, 3.8) is 0 Å². The fourth-order valence-corrected chi connectivity index (χ4v) is 3.84. The second-order valence-corrected chi connectivity index (χ2v) is 8.42. The number of ketones is 1. The van der Waals surface area contributed by atoms with Crippen LogP contribution in [0, 0.1) is 5.41 Å². The lowest BCUT2D eigenvalue weighted by atomic mass is 9.75. The lowest BCUT2D eigenvalue weighted by molar-refractivity contribution is -0.135. The number of nitrogens with zero attached hydrogens (tertiary/aromatic N) is 2. The standard InChI is InChI=1S/C20H28N2O3/c1-19(2,3)25-18(24)22-13-16-20(4,17(23)14-22)10-11-21(16)12-15-8-6-5-7-9-15/h5-9,16H,10-14H2,1-4H3/t16-,20-/m1/s1. The third kappa shape index (κ3) is 3.71. The van der Waals surface area contributed by atoms with Crippen LogP contribution in [0.25, 0.3) is 0 Å². The van der Waals surface area contributed by atoms with Crippen LogP contribution in [0.15, 0.2) is 30.3 Å². The van der Waals surface area contributed by atoms with E-state index in [1.807, 2.05) is 39.0 Å². The van der Waals surface area contributed by atoms with E-state index in [-0.39, 0.29) is 23.8 Å². The van der Waals surface area contributed by atoms with Gasteiger partial charge < -0.3 is 4.74 Å². The number of hydrogen-bond acceptors (Lipinski definition) is 4. The number of carbonyl (C=O) groups is 2. The summed E-state index contributed by atoms with van der Waals surface area (Å²) >= 11 is 0. The van der Waals surface area contributed by atoms with Gasteiger partial charge in [0.1, 0.15) is 5.60 Å². The number of rotatable bonds is 2. The summed E-state index contributed by atoms with van der Waals surface area (Å²) in [6, 6.07) is 10.3. The van der Waals surface area contributed by atoms with Crippen LogP contribution in [0.2, 0.25) is 0 Å². The number of Topliss-reactive ketones (excluding diaryl/α,β-unsaturated/α-hetero) is 1. The van der Waals surface area contributed by atoms with Crippen LogP contribution in [-0.4, -0.2) is 53.0 Å². The maximum absolute atomic E-state index is 12.8. The summed E-state index contributed by atoms with van der Waals surface area (Å²) in [6.07, 6.45) is 0.459. The van der Waals surface area contributed by atoms with Gasteiger partial charge in [0.25, 0.3) is 0 Å². The summed E-state index contributed by atoms with van der Waals surface area (Å²) < 4.78 is 5.48. The molecule has 1 aromatic carbocycles. The molecular weight excluding hydrogens is 316 g/mol. The van der Waals surface area contributed by atoms with Gasteiger partial charge >= 0.3 is 6.09 Å². The Labute approximate surface area is 149 Å². The predicted molar refractivity (Wildman–Crippen MR) is 96.2 cm³/mol. The van der Waals surface area contributed by atoms with Gasteiger partial charge in [0.15, 0.2) is 5.78 Å². The van der Waals surface area contributed by atoms with Crippen molar-refractivity contribution in [2.24, 2.45) is 5.41 Å². The normalized spacial score (nSPS) is 27.3. The highest BCUT2D eigenvalue weighted by Gasteiger charge is 2.53. The fourth-order valence-electron chi connectivity index (χ4n) is 3.84. The highest BCUT2D eigenvalue weighted by molar-refractivity contribution is 5.91. The predicted octanol–water partition coefficient (Wildman–Crippen LogP) is 3.09. The number of hydrogen-bond donors (Lipinski definition) is 0. The molecule has 136 valence electrons. The van der Waals surface area contributed by atoms with E-state index in [0.717, 1.165) is 19.5 Å². The van der Waals surface area contributed by atoms with Crippen LogP contribution in [0.5, 0.6) is 0 Å². The quantitative estimate of drug-likeness (QED) is 0.827. The highest BCUT2D eigenvalue weighted by atomic mass is 16.6. The summed E-state index contributed by atoms with van der Waals surface area (Å²) in [5.74, 6) is 0.144. The Morgan fingerprint density at radius 2 is 1.96 bits per heavy atom. The van der Waals surface area contributed by atoms with E-state index in [1.54, 1.807) is 4.90 Å². The lowest BCUT2D eigenvalue weighted by Gasteiger charge is -2.43. The minimum absolute atomic E-state index is 0.0430. The van der Waals surface area contributed by atoms with Crippen molar-refractivity contribution in [3.05, 3.63) is 35.9 Å². The van der Waals surface area contributed by atoms with Crippen LogP contribution in [0.3, 0.4) is 0 Å². The third-order valence-electron chi connectivity index (χ3n) is 5.34. The molecule has 2 atom stereocenters. The molecule has 0 aliphatic carbocycles. The summed E-state index contributed by atoms with van der Waals surface area (Å²) in [5.41, 5.74) is 0.307. The highest BCUT2D eigenvalue weighted by Crippen LogP contribution is 2.41. The Morgan fingerprint density at radius 3 is 2.60 bits per heavy atom. The molecule has 2 aliphatic heterocycles. The van der Waals surface area contributed by atoms with Crippen LogP contribution < -0.4 is 0 Å². The zero-order valence-electron chi connectivity index (χ0n) is 15.6. The van der Waals surface area contributed by atoms with Crippen LogP contribution >= 0.6 is 0 Å². The summed E-state index contributed by atoms with van der Waals surface area (Å²) in [5, 5.41) is 0. The molecule has 0 radical (unpaired) electrons. The number of likely N-dealkylation sites (tertiary alicyclic amines) is 2. The van der Waals surface area contributed by atoms with Gasteiger partial charge in [-0.2, -0.15) is 0 Å². The van der Waals surface area contributed by atoms with Crippen molar-refractivity contribution in [3.8, 4) is 0 Å². The molecule has 5 heteroatoms. The van der Waals surface area contributed by atoms with E-state index in [2.05, 4.69) is 24.0 Å². The minimum atomic E-state index is -0.555. The van der Waals surface area contributed by atoms with Crippen molar-refractivity contribution in [1.29, 1.82) is 0 Å². The molecule has 2 aliphatic rings. The Balaban J connectivity index is 1.76. The number of carbonyl (C=O) groups excluding carboxylic acids is 2. The number of fused-ring (bicyclic) bond motifs is 1. The van der Waals surface area contributed by atoms with E-state index in [0.29, 0.717) is 6.54 Å². The molecule has 2 saturated heterocycles. The minimum Gasteiger partial charge on any atom is -0.444 e. The second kappa shape index (κ2) is 6.45. The van der Waals surface area contributed by atoms with Gasteiger partial charge in [0.2, 0.25) is 0 Å². The van der Waals surface area contributed by atoms with Crippen molar-refractivity contribution in [1.82, 2.24) is 9.80 Å². The molecule has 2 fully saturated rings. The first kappa shape index (κ1) is 17.9. The number of benzene rings is 1. The largest absolute Gasteiger partial charge is 0.444 e. The number of amides is 1. The summed E-state index contributed by atoms with van der Waals surface area (Å²) in [7, 11) is 0. The molecule has 0 aromatic heterocycles. The Hall–Kier alpha value is -1.88. The van der Waals surface area contributed by atoms with Crippen LogP contribution in [0.1, 0.15) is 39.7 Å². The molecule has 0 unspecified atom stereocenters. The third-order valence-corrected chi connectivity index (χ3v) is 5.34. The van der Waals surface area contributed by atoms with E-state index in [4.69, 9.17) is 4.74 Å². The van der Waals surface area contributed by atoms with Gasteiger partial charge in [-0.25, -0.2) is 4.79 Å². The Morgan fingerprint density at radius 1 is 1.28 bits per heavy atom. The molecule has 0 saturated carbocycles. The van der Waals surface area contributed by atoms with E-state index >= 15 is 0 Å². The fraction of sp³-hybridized carbons (Fsp3) is 0.600. The molecule has 2 heterocycles. The Bertz CT molecular complexity index is 653. The molecule has 1 aromatic rings. The van der Waals surface area contributed by atoms with Crippen molar-refractivity contribution in [2.75, 3.05) is 19.6 Å². The smallest absolute Gasteiger partial charge is 0.410 e. The summed E-state index contributed by atoms with van der Waals surface area (Å²) in [6.45, 7) is 9.97. The molecular formula is C20H28N2O3. The molecule has 0 bridgehead atoms. The van der Waals surface area contributed by atoms with Crippen molar-refractivity contribution < 1.29 is 14.3 Å². The van der Waals surface area contributed by atoms with Crippen LogP contribution in [-0.2, 0) is 16.1 Å². The van der Waals surface area contributed by atoms with Crippen molar-refractivity contribution in [2.45, 2.75) is 52.3 Å². The zero-order valence-corrected chi connectivity index (χ0v) is 15.6. The first-order valence-corrected chi connectivity index (χ1v) is 8.98. The van der Waals surface area contributed by atoms with Gasteiger partial charge in [0.05, 0.1) is 6.54 Å². The average Bonchev–Trinajstić information content (AvgIpc) is 2.85. The first-order chi connectivity index (χ1) is 11.7. The maximum atomic E-state index is 12.8. The zero-order chi connectivity index (χ0) is 18.2. The number of ether oxygens (including phenoxy) is 1. The van der Waals surface area contributed by atoms with Gasteiger partial charge in [-0.15, -0.1) is 0 Å². The topological polar surface area (TPSA) is 49.9 Å². The van der Waals surface area contributed by atoms with Gasteiger partial charge in [-0.05, 0) is 39.3 Å². The first-order valence-electron chi connectivity index (χ1n) is 8.98. The molecule has 25 heavy (non-hydrogen) atoms. The van der Waals surface area contributed by atoms with Crippen molar-refractivity contribution >= 4 is 11.9 Å². The van der Waals surface area contributed by atoms with E-state index in [1.165, 1.54) is 5.56 Å².